The first-order valence-electron chi connectivity index (χ1n) is 5.90. The molecule has 5 nitrogen and oxygen atoms in total. The summed E-state index contributed by atoms with van der Waals surface area (Å²) in [6.45, 7) is 0. The molecule has 0 saturated heterocycles. The zero-order valence-corrected chi connectivity index (χ0v) is 11.7. The molecule has 0 aliphatic rings. The number of hydrazone groups is 1. The number of phenols is 1. The lowest BCUT2D eigenvalue weighted by Gasteiger charge is -2.03. The molecule has 0 fully saturated rings. The average Bonchev–Trinajstić information content (AvgIpc) is 2.93. The van der Waals surface area contributed by atoms with E-state index in [-0.39, 0.29) is 11.7 Å². The van der Waals surface area contributed by atoms with Crippen molar-refractivity contribution in [2.75, 3.05) is 7.11 Å². The van der Waals surface area contributed by atoms with Gasteiger partial charge in [-0.25, -0.2) is 5.43 Å². The molecule has 6 heteroatoms. The summed E-state index contributed by atoms with van der Waals surface area (Å²) < 4.78 is 4.99. The lowest BCUT2D eigenvalue weighted by Crippen LogP contribution is -2.19. The zero-order valence-electron chi connectivity index (χ0n) is 10.9. The first kappa shape index (κ1) is 14.1. The van der Waals surface area contributed by atoms with Gasteiger partial charge in [-0.1, -0.05) is 6.07 Å². The summed E-state index contributed by atoms with van der Waals surface area (Å²) in [7, 11) is 1.47. The molecule has 20 heavy (non-hydrogen) atoms. The van der Waals surface area contributed by atoms with Crippen molar-refractivity contribution in [1.82, 2.24) is 5.43 Å². The molecule has 2 N–H and O–H groups in total. The normalized spacial score (nSPS) is 10.7. The highest BCUT2D eigenvalue weighted by Gasteiger charge is 2.03. The van der Waals surface area contributed by atoms with E-state index in [1.807, 2.05) is 17.5 Å². The molecule has 2 rings (SSSR count). The zero-order chi connectivity index (χ0) is 14.4. The molecule has 0 saturated carbocycles. The van der Waals surface area contributed by atoms with Crippen LogP contribution in [0.1, 0.15) is 10.4 Å². The fraction of sp³-hybridized carbons (Fsp3) is 0.143. The highest BCUT2D eigenvalue weighted by Crippen LogP contribution is 2.25. The Bertz CT molecular complexity index is 609. The van der Waals surface area contributed by atoms with Gasteiger partial charge < -0.3 is 9.84 Å². The van der Waals surface area contributed by atoms with E-state index in [0.29, 0.717) is 12.2 Å². The first-order valence-corrected chi connectivity index (χ1v) is 6.78. The molecule has 0 atom stereocenters. The third kappa shape index (κ3) is 3.83. The van der Waals surface area contributed by atoms with Crippen LogP contribution in [0.2, 0.25) is 0 Å². The minimum Gasteiger partial charge on any atom is -0.504 e. The number of hydrogen-bond donors (Lipinski definition) is 2. The second-order valence-corrected chi connectivity index (χ2v) is 5.01. The van der Waals surface area contributed by atoms with Crippen LogP contribution in [0.15, 0.2) is 40.8 Å². The minimum atomic E-state index is -0.172. The smallest absolute Gasteiger partial charge is 0.245 e. The van der Waals surface area contributed by atoms with Crippen LogP contribution in [-0.2, 0) is 11.2 Å². The van der Waals surface area contributed by atoms with E-state index in [1.165, 1.54) is 30.7 Å². The van der Waals surface area contributed by atoms with Crippen LogP contribution in [0, 0.1) is 0 Å². The maximum Gasteiger partial charge on any atom is 0.245 e. The number of methoxy groups -OCH3 is 1. The van der Waals surface area contributed by atoms with Gasteiger partial charge in [0.15, 0.2) is 11.5 Å². The standard InChI is InChI=1S/C14H14N2O3S/c1-19-13-7-10(4-5-12(13)17)9-15-16-14(18)8-11-3-2-6-20-11/h2-7,9,17H,8H2,1H3,(H,16,18)/b15-9+. The molecular weight excluding hydrogens is 276 g/mol. The first-order chi connectivity index (χ1) is 9.69. The number of benzene rings is 1. The molecule has 0 aliphatic carbocycles. The van der Waals surface area contributed by atoms with E-state index < -0.39 is 0 Å². The van der Waals surface area contributed by atoms with Gasteiger partial charge in [-0.2, -0.15) is 5.10 Å². The van der Waals surface area contributed by atoms with Crippen LogP contribution < -0.4 is 10.2 Å². The number of rotatable bonds is 5. The molecule has 0 bridgehead atoms. The number of amides is 1. The average molecular weight is 290 g/mol. The van der Waals surface area contributed by atoms with Gasteiger partial charge in [-0.05, 0) is 35.2 Å². The fourth-order valence-electron chi connectivity index (χ4n) is 1.56. The molecule has 1 aromatic carbocycles. The van der Waals surface area contributed by atoms with E-state index in [2.05, 4.69) is 10.5 Å². The van der Waals surface area contributed by atoms with Gasteiger partial charge in [0.2, 0.25) is 5.91 Å². The molecule has 1 amide bonds. The monoisotopic (exact) mass is 290 g/mol. The Morgan fingerprint density at radius 1 is 1.50 bits per heavy atom. The highest BCUT2D eigenvalue weighted by atomic mass is 32.1. The summed E-state index contributed by atoms with van der Waals surface area (Å²) in [4.78, 5) is 12.6. The number of ether oxygens (including phenoxy) is 1. The van der Waals surface area contributed by atoms with Crippen molar-refractivity contribution in [1.29, 1.82) is 0 Å². The van der Waals surface area contributed by atoms with Crippen molar-refractivity contribution in [2.45, 2.75) is 6.42 Å². The minimum absolute atomic E-state index is 0.0615. The summed E-state index contributed by atoms with van der Waals surface area (Å²) in [5.41, 5.74) is 3.17. The number of carbonyl (C=O) groups excluding carboxylic acids is 1. The maximum absolute atomic E-state index is 11.6. The largest absolute Gasteiger partial charge is 0.504 e. The Balaban J connectivity index is 1.91. The number of nitrogens with one attached hydrogen (secondary N) is 1. The molecule has 0 spiro atoms. The topological polar surface area (TPSA) is 70.9 Å². The van der Waals surface area contributed by atoms with E-state index in [0.717, 1.165) is 10.4 Å². The third-order valence-corrected chi connectivity index (χ3v) is 3.40. The lowest BCUT2D eigenvalue weighted by atomic mass is 10.2. The summed E-state index contributed by atoms with van der Waals surface area (Å²) in [5.74, 6) is 0.250. The molecule has 2 aromatic rings. The molecule has 0 unspecified atom stereocenters. The Morgan fingerprint density at radius 3 is 3.05 bits per heavy atom. The summed E-state index contributed by atoms with van der Waals surface area (Å²) in [6.07, 6.45) is 1.81. The predicted molar refractivity (Wildman–Crippen MR) is 78.4 cm³/mol. The van der Waals surface area contributed by atoms with Crippen LogP contribution >= 0.6 is 11.3 Å². The molecule has 0 aliphatic heterocycles. The van der Waals surface area contributed by atoms with Crippen molar-refractivity contribution >= 4 is 23.5 Å². The Kier molecular flexibility index (Phi) is 4.73. The van der Waals surface area contributed by atoms with Gasteiger partial charge >= 0.3 is 0 Å². The fourth-order valence-corrected chi connectivity index (χ4v) is 2.27. The quantitative estimate of drug-likeness (QED) is 0.655. The molecule has 1 heterocycles. The van der Waals surface area contributed by atoms with E-state index in [9.17, 15) is 9.90 Å². The van der Waals surface area contributed by atoms with Crippen molar-refractivity contribution < 1.29 is 14.6 Å². The maximum atomic E-state index is 11.6. The summed E-state index contributed by atoms with van der Waals surface area (Å²) >= 11 is 1.53. The van der Waals surface area contributed by atoms with Crippen LogP contribution in [0.5, 0.6) is 11.5 Å². The van der Waals surface area contributed by atoms with Crippen LogP contribution in [0.4, 0.5) is 0 Å². The van der Waals surface area contributed by atoms with Crippen molar-refractivity contribution in [3.63, 3.8) is 0 Å². The SMILES string of the molecule is COc1cc(/C=N/NC(=O)Cc2cccs2)ccc1O. The number of carbonyl (C=O) groups is 1. The second kappa shape index (κ2) is 6.72. The molecule has 1 aromatic heterocycles. The third-order valence-electron chi connectivity index (χ3n) is 2.52. The number of thiophene rings is 1. The molecule has 0 radical (unpaired) electrons. The van der Waals surface area contributed by atoms with Crippen molar-refractivity contribution in [3.05, 3.63) is 46.2 Å². The number of hydrogen-bond acceptors (Lipinski definition) is 5. The van der Waals surface area contributed by atoms with Crippen LogP contribution in [-0.4, -0.2) is 24.3 Å². The second-order valence-electron chi connectivity index (χ2n) is 3.98. The van der Waals surface area contributed by atoms with Gasteiger partial charge in [0.05, 0.1) is 19.7 Å². The summed E-state index contributed by atoms with van der Waals surface area (Å²) in [5, 5.41) is 15.2. The molecule has 104 valence electrons. The summed E-state index contributed by atoms with van der Waals surface area (Å²) in [6, 6.07) is 8.61. The van der Waals surface area contributed by atoms with Gasteiger partial charge in [0.25, 0.3) is 0 Å². The van der Waals surface area contributed by atoms with E-state index in [1.54, 1.807) is 12.1 Å². The Hall–Kier alpha value is -2.34. The van der Waals surface area contributed by atoms with Gasteiger partial charge in [0, 0.05) is 4.88 Å². The molecular formula is C14H14N2O3S. The van der Waals surface area contributed by atoms with Gasteiger partial charge in [-0.3, -0.25) is 4.79 Å². The predicted octanol–water partition coefficient (Wildman–Crippen LogP) is 2.16. The van der Waals surface area contributed by atoms with Crippen LogP contribution in [0.3, 0.4) is 0 Å². The van der Waals surface area contributed by atoms with E-state index >= 15 is 0 Å². The number of phenolic OH excluding ortho intramolecular Hbond substituents is 1. The Morgan fingerprint density at radius 2 is 2.35 bits per heavy atom. The lowest BCUT2D eigenvalue weighted by molar-refractivity contribution is -0.120. The number of nitrogens with zero attached hydrogens (tertiary/aromatic N) is 1. The number of aromatic hydroxyl groups is 1. The van der Waals surface area contributed by atoms with Gasteiger partial charge in [-0.15, -0.1) is 11.3 Å². The van der Waals surface area contributed by atoms with Crippen molar-refractivity contribution in [2.24, 2.45) is 5.10 Å². The van der Waals surface area contributed by atoms with Crippen LogP contribution in [0.25, 0.3) is 0 Å². The highest BCUT2D eigenvalue weighted by molar-refractivity contribution is 7.10. The van der Waals surface area contributed by atoms with E-state index in [4.69, 9.17) is 4.74 Å². The Labute approximate surface area is 120 Å². The van der Waals surface area contributed by atoms with Crippen molar-refractivity contribution in [3.8, 4) is 11.5 Å². The van der Waals surface area contributed by atoms with Gasteiger partial charge in [0.1, 0.15) is 0 Å².